The number of anilines is 1. The minimum atomic E-state index is -1.26. The summed E-state index contributed by atoms with van der Waals surface area (Å²) in [6.07, 6.45) is 1.12. The molecule has 4 rings (SSSR count). The minimum Gasteiger partial charge on any atom is -0.478 e. The van der Waals surface area contributed by atoms with Crippen molar-refractivity contribution in [3.8, 4) is 0 Å². The number of nitrogens with zero attached hydrogens (tertiary/aromatic N) is 4. The van der Waals surface area contributed by atoms with Gasteiger partial charge < -0.3 is 15.1 Å². The van der Waals surface area contributed by atoms with Crippen LogP contribution in [0, 0.1) is 0 Å². The first kappa shape index (κ1) is 27.1. The van der Waals surface area contributed by atoms with Gasteiger partial charge in [-0.25, -0.2) is 14.6 Å². The van der Waals surface area contributed by atoms with Gasteiger partial charge in [-0.1, -0.05) is 60.7 Å². The zero-order chi connectivity index (χ0) is 25.9. The van der Waals surface area contributed by atoms with E-state index in [1.807, 2.05) is 0 Å². The van der Waals surface area contributed by atoms with Crippen molar-refractivity contribution in [1.29, 1.82) is 0 Å². The van der Waals surface area contributed by atoms with Crippen LogP contribution in [-0.4, -0.2) is 77.2 Å². The molecule has 0 saturated carbocycles. The van der Waals surface area contributed by atoms with Crippen LogP contribution >= 0.6 is 11.3 Å². The molecule has 0 unspecified atom stereocenters. The van der Waals surface area contributed by atoms with Crippen LogP contribution in [0.25, 0.3) is 0 Å². The summed E-state index contributed by atoms with van der Waals surface area (Å²) in [5.41, 5.74) is 3.93. The number of carboxylic acids is 2. The maximum absolute atomic E-state index is 9.55. The first-order valence-electron chi connectivity index (χ1n) is 11.7. The molecule has 3 aromatic rings. The van der Waals surface area contributed by atoms with E-state index in [9.17, 15) is 9.59 Å². The molecule has 0 aliphatic carbocycles. The summed E-state index contributed by atoms with van der Waals surface area (Å²) in [4.78, 5) is 31.1. The largest absolute Gasteiger partial charge is 0.478 e. The van der Waals surface area contributed by atoms with Crippen LogP contribution in [0.5, 0.6) is 0 Å². The van der Waals surface area contributed by atoms with Crippen LogP contribution in [-0.2, 0) is 16.1 Å². The van der Waals surface area contributed by atoms with Crippen LogP contribution in [0.2, 0.25) is 0 Å². The first-order chi connectivity index (χ1) is 17.3. The number of carbonyl (C=O) groups is 2. The molecule has 190 valence electrons. The molecule has 2 heterocycles. The Kier molecular flexibility index (Phi) is 10.2. The van der Waals surface area contributed by atoms with Crippen molar-refractivity contribution in [2.24, 2.45) is 0 Å². The zero-order valence-electron chi connectivity index (χ0n) is 20.5. The van der Waals surface area contributed by atoms with E-state index in [0.29, 0.717) is 18.2 Å². The third kappa shape index (κ3) is 8.30. The van der Waals surface area contributed by atoms with Crippen LogP contribution in [0.15, 0.2) is 78.2 Å². The fourth-order valence-corrected chi connectivity index (χ4v) is 4.76. The van der Waals surface area contributed by atoms with Gasteiger partial charge in [0.15, 0.2) is 5.13 Å². The third-order valence-electron chi connectivity index (χ3n) is 5.68. The van der Waals surface area contributed by atoms with Crippen LogP contribution in [0.1, 0.15) is 22.9 Å². The van der Waals surface area contributed by atoms with Crippen molar-refractivity contribution in [1.82, 2.24) is 14.8 Å². The summed E-state index contributed by atoms with van der Waals surface area (Å²) in [5.74, 6) is -2.51. The second-order valence-electron chi connectivity index (χ2n) is 8.56. The molecule has 2 aromatic carbocycles. The number of aromatic nitrogens is 1. The molecule has 1 aliphatic heterocycles. The Hall–Kier alpha value is -3.53. The van der Waals surface area contributed by atoms with Crippen LogP contribution in [0.4, 0.5) is 5.13 Å². The smallest absolute Gasteiger partial charge is 0.328 e. The van der Waals surface area contributed by atoms with Gasteiger partial charge in [0.25, 0.3) is 0 Å². The van der Waals surface area contributed by atoms with E-state index in [-0.39, 0.29) is 0 Å². The number of piperazine rings is 1. The van der Waals surface area contributed by atoms with Crippen LogP contribution < -0.4 is 4.90 Å². The zero-order valence-corrected chi connectivity index (χ0v) is 21.3. The SMILES string of the molecule is CN(C)c1nc(CN2CCN(C(c3ccccc3)c3ccccc3)CC2)cs1.O=C(O)/C=C/C(=O)O. The Morgan fingerprint density at radius 3 is 1.83 bits per heavy atom. The summed E-state index contributed by atoms with van der Waals surface area (Å²) in [6.45, 7) is 5.23. The number of benzene rings is 2. The topological polar surface area (TPSA) is 97.2 Å². The molecule has 0 radical (unpaired) electrons. The number of rotatable bonds is 8. The number of thiazole rings is 1. The highest BCUT2D eigenvalue weighted by Gasteiger charge is 2.26. The molecule has 0 bridgehead atoms. The summed E-state index contributed by atoms with van der Waals surface area (Å²) in [7, 11) is 4.10. The molecule has 2 N–H and O–H groups in total. The number of hydrogen-bond acceptors (Lipinski definition) is 7. The van der Waals surface area contributed by atoms with Gasteiger partial charge in [0.2, 0.25) is 0 Å². The van der Waals surface area contributed by atoms with Gasteiger partial charge in [-0.3, -0.25) is 9.80 Å². The van der Waals surface area contributed by atoms with E-state index in [4.69, 9.17) is 15.2 Å². The van der Waals surface area contributed by atoms with E-state index < -0.39 is 11.9 Å². The molecular formula is C27H32N4O4S. The molecule has 9 heteroatoms. The highest BCUT2D eigenvalue weighted by atomic mass is 32.1. The number of hydrogen-bond donors (Lipinski definition) is 2. The Balaban J connectivity index is 0.000000392. The molecule has 0 atom stereocenters. The first-order valence-corrected chi connectivity index (χ1v) is 12.5. The van der Waals surface area contributed by atoms with Gasteiger partial charge in [-0.2, -0.15) is 0 Å². The Labute approximate surface area is 215 Å². The van der Waals surface area contributed by atoms with Crippen molar-refractivity contribution >= 4 is 28.4 Å². The molecule has 1 fully saturated rings. The lowest BCUT2D eigenvalue weighted by Crippen LogP contribution is -2.47. The van der Waals surface area contributed by atoms with E-state index in [2.05, 4.69) is 94.8 Å². The molecule has 0 spiro atoms. The minimum absolute atomic E-state index is 0.323. The van der Waals surface area contributed by atoms with Crippen molar-refractivity contribution < 1.29 is 19.8 Å². The van der Waals surface area contributed by atoms with E-state index >= 15 is 0 Å². The summed E-state index contributed by atoms with van der Waals surface area (Å²) in [5, 5.41) is 18.9. The number of aliphatic carboxylic acids is 2. The average Bonchev–Trinajstić information content (AvgIpc) is 3.35. The molecule has 1 aliphatic rings. The van der Waals surface area contributed by atoms with Gasteiger partial charge in [0.05, 0.1) is 11.7 Å². The van der Waals surface area contributed by atoms with Gasteiger partial charge in [-0.05, 0) is 11.1 Å². The van der Waals surface area contributed by atoms with Gasteiger partial charge in [0, 0.05) is 64.4 Å². The molecular weight excluding hydrogens is 476 g/mol. The summed E-state index contributed by atoms with van der Waals surface area (Å²) >= 11 is 1.72. The fraction of sp³-hybridized carbons (Fsp3) is 0.296. The standard InChI is InChI=1S/C23H28N4S.C4H4O4/c1-25(2)23-24-21(18-28-23)17-26-13-15-27(16-14-26)22(19-9-5-3-6-10-19)20-11-7-4-8-12-20;5-3(6)1-2-4(7)8/h3-12,18,22H,13-17H2,1-2H3;1-2H,(H,5,6)(H,7,8)/b;2-1+. The van der Waals surface area contributed by atoms with Crippen molar-refractivity contribution in [2.75, 3.05) is 45.2 Å². The van der Waals surface area contributed by atoms with Crippen LogP contribution in [0.3, 0.4) is 0 Å². The molecule has 8 nitrogen and oxygen atoms in total. The second kappa shape index (κ2) is 13.5. The predicted octanol–water partition coefficient (Wildman–Crippen LogP) is 3.83. The molecule has 1 saturated heterocycles. The fourth-order valence-electron chi connectivity index (χ4n) is 4.01. The average molecular weight is 509 g/mol. The maximum Gasteiger partial charge on any atom is 0.328 e. The third-order valence-corrected chi connectivity index (χ3v) is 6.74. The monoisotopic (exact) mass is 508 g/mol. The van der Waals surface area contributed by atoms with Crippen molar-refractivity contribution in [2.45, 2.75) is 12.6 Å². The van der Waals surface area contributed by atoms with E-state index in [1.165, 1.54) is 16.8 Å². The summed E-state index contributed by atoms with van der Waals surface area (Å²) in [6, 6.07) is 22.1. The Morgan fingerprint density at radius 1 is 0.917 bits per heavy atom. The molecule has 1 aromatic heterocycles. The lowest BCUT2D eigenvalue weighted by Gasteiger charge is -2.39. The maximum atomic E-state index is 9.55. The van der Waals surface area contributed by atoms with E-state index in [0.717, 1.165) is 37.9 Å². The highest BCUT2D eigenvalue weighted by molar-refractivity contribution is 7.13. The normalized spacial score (nSPS) is 14.4. The molecule has 36 heavy (non-hydrogen) atoms. The lowest BCUT2D eigenvalue weighted by atomic mass is 9.96. The van der Waals surface area contributed by atoms with Crippen molar-refractivity contribution in [3.05, 3.63) is 95.0 Å². The Morgan fingerprint density at radius 2 is 1.42 bits per heavy atom. The summed E-state index contributed by atoms with van der Waals surface area (Å²) < 4.78 is 0. The quantitative estimate of drug-likeness (QED) is 0.443. The number of carboxylic acid groups (broad SMARTS) is 2. The predicted molar refractivity (Wildman–Crippen MR) is 142 cm³/mol. The highest BCUT2D eigenvalue weighted by Crippen LogP contribution is 2.29. The second-order valence-corrected chi connectivity index (χ2v) is 9.40. The van der Waals surface area contributed by atoms with Gasteiger partial charge in [-0.15, -0.1) is 11.3 Å². The van der Waals surface area contributed by atoms with Gasteiger partial charge >= 0.3 is 11.9 Å². The molecule has 0 amide bonds. The van der Waals surface area contributed by atoms with Gasteiger partial charge in [0.1, 0.15) is 0 Å². The Bertz CT molecular complexity index is 1070. The van der Waals surface area contributed by atoms with E-state index in [1.54, 1.807) is 11.3 Å². The van der Waals surface area contributed by atoms with Crippen molar-refractivity contribution in [3.63, 3.8) is 0 Å². The lowest BCUT2D eigenvalue weighted by molar-refractivity contribution is -0.134.